The van der Waals surface area contributed by atoms with Crippen molar-refractivity contribution >= 4 is 11.7 Å². The zero-order valence-electron chi connectivity index (χ0n) is 12.8. The van der Waals surface area contributed by atoms with Gasteiger partial charge in [-0.05, 0) is 25.0 Å². The van der Waals surface area contributed by atoms with Crippen molar-refractivity contribution < 1.29 is 9.53 Å². The molecular weight excluding hydrogens is 276 g/mol. The van der Waals surface area contributed by atoms with Gasteiger partial charge in [-0.1, -0.05) is 48.5 Å². The maximum Gasteiger partial charge on any atom is 0.319 e. The Bertz CT molecular complexity index is 585. The first-order chi connectivity index (χ1) is 10.8. The van der Waals surface area contributed by atoms with E-state index in [1.54, 1.807) is 0 Å². The Morgan fingerprint density at radius 2 is 1.77 bits per heavy atom. The van der Waals surface area contributed by atoms with Gasteiger partial charge >= 0.3 is 6.03 Å². The van der Waals surface area contributed by atoms with Crippen LogP contribution in [0.25, 0.3) is 11.1 Å². The summed E-state index contributed by atoms with van der Waals surface area (Å²) >= 11 is 0. The largest absolute Gasteiger partial charge is 0.382 e. The summed E-state index contributed by atoms with van der Waals surface area (Å²) in [6, 6.07) is 17.6. The number of hydrogen-bond donors (Lipinski definition) is 2. The maximum atomic E-state index is 12.0. The number of carbonyl (C=O) groups excluding carboxylic acids is 1. The van der Waals surface area contributed by atoms with E-state index in [0.29, 0.717) is 19.8 Å². The Morgan fingerprint density at radius 3 is 2.55 bits per heavy atom. The number of hydrogen-bond acceptors (Lipinski definition) is 2. The molecule has 0 bridgehead atoms. The van der Waals surface area contributed by atoms with Crippen LogP contribution in [0.15, 0.2) is 54.6 Å². The van der Waals surface area contributed by atoms with Gasteiger partial charge in [0, 0.05) is 25.3 Å². The first-order valence-electron chi connectivity index (χ1n) is 7.58. The van der Waals surface area contributed by atoms with Crippen molar-refractivity contribution in [3.63, 3.8) is 0 Å². The zero-order valence-corrected chi connectivity index (χ0v) is 12.8. The van der Waals surface area contributed by atoms with Gasteiger partial charge in [-0.25, -0.2) is 4.79 Å². The molecule has 0 unspecified atom stereocenters. The van der Waals surface area contributed by atoms with Crippen molar-refractivity contribution in [2.45, 2.75) is 13.3 Å². The van der Waals surface area contributed by atoms with Crippen LogP contribution in [-0.4, -0.2) is 25.8 Å². The molecule has 0 aliphatic heterocycles. The number of carbonyl (C=O) groups is 1. The van der Waals surface area contributed by atoms with Gasteiger partial charge in [0.1, 0.15) is 0 Å². The molecule has 0 spiro atoms. The third-order valence-electron chi connectivity index (χ3n) is 3.22. The molecule has 0 heterocycles. The lowest BCUT2D eigenvalue weighted by Gasteiger charge is -2.12. The molecule has 22 heavy (non-hydrogen) atoms. The van der Waals surface area contributed by atoms with E-state index in [1.165, 1.54) is 0 Å². The van der Waals surface area contributed by atoms with Crippen LogP contribution >= 0.6 is 0 Å². The van der Waals surface area contributed by atoms with Crippen LogP contribution in [0, 0.1) is 0 Å². The number of nitrogens with one attached hydrogen (secondary N) is 2. The zero-order chi connectivity index (χ0) is 15.6. The molecule has 0 atom stereocenters. The predicted molar refractivity (Wildman–Crippen MR) is 90.0 cm³/mol. The van der Waals surface area contributed by atoms with Crippen LogP contribution in [0.4, 0.5) is 10.5 Å². The molecule has 2 aromatic rings. The quantitative estimate of drug-likeness (QED) is 0.762. The SMILES string of the molecule is CCOCCCNC(=O)Nc1ccccc1-c1ccccc1. The summed E-state index contributed by atoms with van der Waals surface area (Å²) in [5.41, 5.74) is 2.89. The van der Waals surface area contributed by atoms with Crippen LogP contribution in [0.2, 0.25) is 0 Å². The van der Waals surface area contributed by atoms with Crippen LogP contribution in [-0.2, 0) is 4.74 Å². The summed E-state index contributed by atoms with van der Waals surface area (Å²) in [6.45, 7) is 3.92. The second-order valence-electron chi connectivity index (χ2n) is 4.84. The Labute approximate surface area is 131 Å². The Balaban J connectivity index is 1.94. The third kappa shape index (κ3) is 4.90. The second kappa shape index (κ2) is 8.85. The number of urea groups is 1. The van der Waals surface area contributed by atoms with Gasteiger partial charge in [0.05, 0.1) is 5.69 Å². The Kier molecular flexibility index (Phi) is 6.45. The highest BCUT2D eigenvalue weighted by atomic mass is 16.5. The van der Waals surface area contributed by atoms with Gasteiger partial charge < -0.3 is 15.4 Å². The summed E-state index contributed by atoms with van der Waals surface area (Å²) in [4.78, 5) is 12.0. The molecule has 2 N–H and O–H groups in total. The molecule has 116 valence electrons. The molecule has 2 rings (SSSR count). The van der Waals surface area contributed by atoms with Gasteiger partial charge in [0.25, 0.3) is 0 Å². The summed E-state index contributed by atoms with van der Waals surface area (Å²) in [6.07, 6.45) is 0.807. The minimum absolute atomic E-state index is 0.195. The fraction of sp³-hybridized carbons (Fsp3) is 0.278. The van der Waals surface area contributed by atoms with Crippen molar-refractivity contribution in [1.82, 2.24) is 5.32 Å². The molecule has 0 aliphatic carbocycles. The number of rotatable bonds is 7. The molecule has 2 amide bonds. The maximum absolute atomic E-state index is 12.0. The molecule has 4 nitrogen and oxygen atoms in total. The Morgan fingerprint density at radius 1 is 1.05 bits per heavy atom. The normalized spacial score (nSPS) is 10.2. The Hall–Kier alpha value is -2.33. The minimum Gasteiger partial charge on any atom is -0.382 e. The first kappa shape index (κ1) is 16.0. The number of anilines is 1. The fourth-order valence-electron chi connectivity index (χ4n) is 2.15. The summed E-state index contributed by atoms with van der Waals surface area (Å²) in [7, 11) is 0. The van der Waals surface area contributed by atoms with Crippen LogP contribution < -0.4 is 10.6 Å². The van der Waals surface area contributed by atoms with E-state index in [2.05, 4.69) is 10.6 Å². The number of para-hydroxylation sites is 1. The summed E-state index contributed by atoms with van der Waals surface area (Å²) in [5, 5.41) is 5.75. The molecule has 0 fully saturated rings. The standard InChI is InChI=1S/C18H22N2O2/c1-2-22-14-8-13-19-18(21)20-17-12-7-6-11-16(17)15-9-4-3-5-10-15/h3-7,9-12H,2,8,13-14H2,1H3,(H2,19,20,21). The van der Waals surface area contributed by atoms with Crippen molar-refractivity contribution in [2.24, 2.45) is 0 Å². The lowest BCUT2D eigenvalue weighted by Crippen LogP contribution is -2.30. The van der Waals surface area contributed by atoms with Gasteiger partial charge in [0.15, 0.2) is 0 Å². The van der Waals surface area contributed by atoms with Crippen molar-refractivity contribution in [3.05, 3.63) is 54.6 Å². The second-order valence-corrected chi connectivity index (χ2v) is 4.84. The molecule has 0 radical (unpaired) electrons. The van der Waals surface area contributed by atoms with Crippen LogP contribution in [0.3, 0.4) is 0 Å². The van der Waals surface area contributed by atoms with E-state index in [1.807, 2.05) is 61.5 Å². The summed E-state index contributed by atoms with van der Waals surface area (Å²) in [5.74, 6) is 0. The van der Waals surface area contributed by atoms with E-state index in [4.69, 9.17) is 4.74 Å². The van der Waals surface area contributed by atoms with Gasteiger partial charge in [-0.3, -0.25) is 0 Å². The lowest BCUT2D eigenvalue weighted by molar-refractivity contribution is 0.145. The monoisotopic (exact) mass is 298 g/mol. The average molecular weight is 298 g/mol. The fourth-order valence-corrected chi connectivity index (χ4v) is 2.15. The minimum atomic E-state index is -0.195. The smallest absolute Gasteiger partial charge is 0.319 e. The number of amides is 2. The highest BCUT2D eigenvalue weighted by Crippen LogP contribution is 2.27. The topological polar surface area (TPSA) is 50.4 Å². The average Bonchev–Trinajstić information content (AvgIpc) is 2.56. The summed E-state index contributed by atoms with van der Waals surface area (Å²) < 4.78 is 5.24. The molecule has 4 heteroatoms. The molecule has 0 aromatic heterocycles. The van der Waals surface area contributed by atoms with E-state index in [0.717, 1.165) is 23.2 Å². The lowest BCUT2D eigenvalue weighted by atomic mass is 10.0. The molecule has 0 aliphatic rings. The van der Waals surface area contributed by atoms with Gasteiger partial charge in [0.2, 0.25) is 0 Å². The molecule has 0 saturated heterocycles. The van der Waals surface area contributed by atoms with Crippen LogP contribution in [0.1, 0.15) is 13.3 Å². The molecule has 0 saturated carbocycles. The van der Waals surface area contributed by atoms with E-state index < -0.39 is 0 Å². The molecule has 2 aromatic carbocycles. The highest BCUT2D eigenvalue weighted by Gasteiger charge is 2.07. The van der Waals surface area contributed by atoms with Gasteiger partial charge in [-0.15, -0.1) is 0 Å². The first-order valence-corrected chi connectivity index (χ1v) is 7.58. The van der Waals surface area contributed by atoms with E-state index >= 15 is 0 Å². The van der Waals surface area contributed by atoms with E-state index in [9.17, 15) is 4.79 Å². The van der Waals surface area contributed by atoms with Gasteiger partial charge in [-0.2, -0.15) is 0 Å². The predicted octanol–water partition coefficient (Wildman–Crippen LogP) is 3.90. The van der Waals surface area contributed by atoms with E-state index in [-0.39, 0.29) is 6.03 Å². The van der Waals surface area contributed by atoms with Crippen molar-refractivity contribution in [1.29, 1.82) is 0 Å². The molecular formula is C18H22N2O2. The number of benzene rings is 2. The van der Waals surface area contributed by atoms with Crippen LogP contribution in [0.5, 0.6) is 0 Å². The van der Waals surface area contributed by atoms with Crippen molar-refractivity contribution in [3.8, 4) is 11.1 Å². The third-order valence-corrected chi connectivity index (χ3v) is 3.22. The highest BCUT2D eigenvalue weighted by molar-refractivity contribution is 5.94. The van der Waals surface area contributed by atoms with Crippen molar-refractivity contribution in [2.75, 3.05) is 25.1 Å². The number of ether oxygens (including phenoxy) is 1.